The Hall–Kier alpha value is -0.570. The lowest BCUT2D eigenvalue weighted by Crippen LogP contribution is -2.13. The number of halogens is 1. The van der Waals surface area contributed by atoms with Crippen molar-refractivity contribution in [1.29, 1.82) is 0 Å². The molecule has 0 aliphatic heterocycles. The molecular weight excluding hydrogens is 196 g/mol. The first kappa shape index (κ1) is 11.5. The van der Waals surface area contributed by atoms with Gasteiger partial charge in [-0.15, -0.1) is 0 Å². The van der Waals surface area contributed by atoms with Crippen LogP contribution in [-0.2, 0) is 0 Å². The van der Waals surface area contributed by atoms with E-state index in [1.807, 2.05) is 25.1 Å². The van der Waals surface area contributed by atoms with Crippen LogP contribution in [0.2, 0.25) is 5.02 Å². The fourth-order valence-electron chi connectivity index (χ4n) is 1.55. The monoisotopic (exact) mass is 212 g/mol. The Morgan fingerprint density at radius 1 is 1.43 bits per heavy atom. The molecule has 1 aromatic rings. The van der Waals surface area contributed by atoms with Crippen molar-refractivity contribution in [3.05, 3.63) is 34.3 Å². The summed E-state index contributed by atoms with van der Waals surface area (Å²) in [5.74, 6) is 0. The zero-order valence-electron chi connectivity index (χ0n) is 8.46. The van der Waals surface area contributed by atoms with E-state index in [-0.39, 0.29) is 6.04 Å². The minimum absolute atomic E-state index is 0.0795. The third-order valence-electron chi connectivity index (χ3n) is 2.35. The number of benzene rings is 1. The van der Waals surface area contributed by atoms with Crippen LogP contribution < -0.4 is 11.5 Å². The summed E-state index contributed by atoms with van der Waals surface area (Å²) in [7, 11) is 0. The summed E-state index contributed by atoms with van der Waals surface area (Å²) in [6.45, 7) is 2.73. The van der Waals surface area contributed by atoms with Gasteiger partial charge in [-0.25, -0.2) is 0 Å². The fourth-order valence-corrected chi connectivity index (χ4v) is 1.78. The molecule has 0 saturated carbocycles. The molecule has 0 aromatic heterocycles. The highest BCUT2D eigenvalue weighted by atomic mass is 35.5. The molecule has 0 radical (unpaired) electrons. The molecule has 0 unspecified atom stereocenters. The van der Waals surface area contributed by atoms with Crippen molar-refractivity contribution >= 4 is 11.6 Å². The zero-order chi connectivity index (χ0) is 10.6. The smallest absolute Gasteiger partial charge is 0.0408 e. The maximum absolute atomic E-state index is 6.03. The standard InChI is InChI=1S/C11H17ClN2/c1-8-7-9(12)4-5-10(8)11(14)3-2-6-13/h4-5,7,11H,2-3,6,13-14H2,1H3/t11-/m1/s1. The second-order valence-corrected chi connectivity index (χ2v) is 3.97. The minimum Gasteiger partial charge on any atom is -0.330 e. The molecule has 0 aliphatic carbocycles. The van der Waals surface area contributed by atoms with Crippen molar-refractivity contribution in [2.24, 2.45) is 11.5 Å². The third kappa shape index (κ3) is 2.98. The molecule has 1 rings (SSSR count). The number of hydrogen-bond donors (Lipinski definition) is 2. The van der Waals surface area contributed by atoms with Gasteiger partial charge < -0.3 is 11.5 Å². The largest absolute Gasteiger partial charge is 0.330 e. The predicted octanol–water partition coefficient (Wildman–Crippen LogP) is 2.39. The summed E-state index contributed by atoms with van der Waals surface area (Å²) in [6.07, 6.45) is 1.89. The molecule has 0 aliphatic rings. The number of nitrogens with two attached hydrogens (primary N) is 2. The predicted molar refractivity (Wildman–Crippen MR) is 61.4 cm³/mol. The van der Waals surface area contributed by atoms with Crippen LogP contribution in [0.5, 0.6) is 0 Å². The van der Waals surface area contributed by atoms with Gasteiger partial charge in [0.2, 0.25) is 0 Å². The van der Waals surface area contributed by atoms with Gasteiger partial charge in [-0.05, 0) is 49.6 Å². The molecule has 4 N–H and O–H groups in total. The molecule has 0 fully saturated rings. The Balaban J connectivity index is 2.74. The van der Waals surface area contributed by atoms with Crippen LogP contribution >= 0.6 is 11.6 Å². The Labute approximate surface area is 90.2 Å². The maximum atomic E-state index is 6.03. The highest BCUT2D eigenvalue weighted by Gasteiger charge is 2.08. The van der Waals surface area contributed by atoms with Crippen LogP contribution in [0.1, 0.15) is 30.0 Å². The SMILES string of the molecule is Cc1cc(Cl)ccc1[C@H](N)CCCN. The summed E-state index contributed by atoms with van der Waals surface area (Å²) in [5, 5.41) is 0.761. The van der Waals surface area contributed by atoms with Gasteiger partial charge in [0.25, 0.3) is 0 Å². The van der Waals surface area contributed by atoms with E-state index in [1.165, 1.54) is 5.56 Å². The van der Waals surface area contributed by atoms with Gasteiger partial charge >= 0.3 is 0 Å². The molecule has 0 heterocycles. The lowest BCUT2D eigenvalue weighted by Gasteiger charge is -2.14. The molecule has 78 valence electrons. The second kappa shape index (κ2) is 5.35. The first-order valence-electron chi connectivity index (χ1n) is 4.87. The molecular formula is C11H17ClN2. The Bertz CT molecular complexity index is 299. The minimum atomic E-state index is 0.0795. The molecule has 3 heteroatoms. The molecule has 1 aromatic carbocycles. The van der Waals surface area contributed by atoms with Crippen LogP contribution in [0, 0.1) is 6.92 Å². The molecule has 14 heavy (non-hydrogen) atoms. The van der Waals surface area contributed by atoms with Gasteiger partial charge in [0.15, 0.2) is 0 Å². The van der Waals surface area contributed by atoms with Crippen molar-refractivity contribution in [2.45, 2.75) is 25.8 Å². The average molecular weight is 213 g/mol. The van der Waals surface area contributed by atoms with Gasteiger partial charge in [0.1, 0.15) is 0 Å². The highest BCUT2D eigenvalue weighted by Crippen LogP contribution is 2.22. The molecule has 0 spiro atoms. The average Bonchev–Trinajstić information content (AvgIpc) is 2.14. The van der Waals surface area contributed by atoms with Crippen molar-refractivity contribution in [2.75, 3.05) is 6.54 Å². The number of rotatable bonds is 4. The van der Waals surface area contributed by atoms with Crippen molar-refractivity contribution in [1.82, 2.24) is 0 Å². The van der Waals surface area contributed by atoms with E-state index in [0.717, 1.165) is 23.4 Å². The first-order valence-corrected chi connectivity index (χ1v) is 5.24. The Kier molecular flexibility index (Phi) is 4.39. The van der Waals surface area contributed by atoms with Crippen LogP contribution in [0.4, 0.5) is 0 Å². The Morgan fingerprint density at radius 3 is 2.71 bits per heavy atom. The van der Waals surface area contributed by atoms with Gasteiger partial charge in [0, 0.05) is 11.1 Å². The van der Waals surface area contributed by atoms with E-state index < -0.39 is 0 Å². The molecule has 0 saturated heterocycles. The topological polar surface area (TPSA) is 52.0 Å². The second-order valence-electron chi connectivity index (χ2n) is 3.54. The Morgan fingerprint density at radius 2 is 2.14 bits per heavy atom. The first-order chi connectivity index (χ1) is 6.65. The highest BCUT2D eigenvalue weighted by molar-refractivity contribution is 6.30. The van der Waals surface area contributed by atoms with Gasteiger partial charge in [-0.2, -0.15) is 0 Å². The molecule has 0 amide bonds. The summed E-state index contributed by atoms with van der Waals surface area (Å²) >= 11 is 5.87. The lowest BCUT2D eigenvalue weighted by atomic mass is 9.98. The van der Waals surface area contributed by atoms with Crippen LogP contribution in [0.25, 0.3) is 0 Å². The normalized spacial score (nSPS) is 12.9. The molecule has 0 bridgehead atoms. The van der Waals surface area contributed by atoms with E-state index in [4.69, 9.17) is 23.1 Å². The van der Waals surface area contributed by atoms with Gasteiger partial charge in [-0.3, -0.25) is 0 Å². The van der Waals surface area contributed by atoms with Crippen molar-refractivity contribution in [3.8, 4) is 0 Å². The van der Waals surface area contributed by atoms with Crippen LogP contribution in [0.15, 0.2) is 18.2 Å². The van der Waals surface area contributed by atoms with Gasteiger partial charge in [0.05, 0.1) is 0 Å². The molecule has 2 nitrogen and oxygen atoms in total. The maximum Gasteiger partial charge on any atom is 0.0408 e. The number of aryl methyl sites for hydroxylation is 1. The van der Waals surface area contributed by atoms with E-state index in [9.17, 15) is 0 Å². The summed E-state index contributed by atoms with van der Waals surface area (Å²) < 4.78 is 0. The quantitative estimate of drug-likeness (QED) is 0.805. The van der Waals surface area contributed by atoms with Crippen molar-refractivity contribution < 1.29 is 0 Å². The summed E-state index contributed by atoms with van der Waals surface area (Å²) in [5.41, 5.74) is 13.8. The number of hydrogen-bond acceptors (Lipinski definition) is 2. The van der Waals surface area contributed by atoms with Gasteiger partial charge in [-0.1, -0.05) is 17.7 Å². The van der Waals surface area contributed by atoms with Crippen molar-refractivity contribution in [3.63, 3.8) is 0 Å². The van der Waals surface area contributed by atoms with E-state index >= 15 is 0 Å². The molecule has 1 atom stereocenters. The van der Waals surface area contributed by atoms with E-state index in [1.54, 1.807) is 0 Å². The lowest BCUT2D eigenvalue weighted by molar-refractivity contribution is 0.615. The fraction of sp³-hybridized carbons (Fsp3) is 0.455. The summed E-state index contributed by atoms with van der Waals surface area (Å²) in [6, 6.07) is 5.90. The van der Waals surface area contributed by atoms with E-state index in [0.29, 0.717) is 6.54 Å². The third-order valence-corrected chi connectivity index (χ3v) is 2.59. The van der Waals surface area contributed by atoms with E-state index in [2.05, 4.69) is 0 Å². The zero-order valence-corrected chi connectivity index (χ0v) is 9.22. The summed E-state index contributed by atoms with van der Waals surface area (Å²) in [4.78, 5) is 0. The van der Waals surface area contributed by atoms with Crippen LogP contribution in [-0.4, -0.2) is 6.54 Å². The van der Waals surface area contributed by atoms with Crippen LogP contribution in [0.3, 0.4) is 0 Å².